The molecule has 1 aromatic heterocycles. The molecule has 4 N–H and O–H groups in total. The number of ether oxygens (including phenoxy) is 2. The first-order valence-corrected chi connectivity index (χ1v) is 10.4. The van der Waals surface area contributed by atoms with E-state index in [1.807, 2.05) is 0 Å². The van der Waals surface area contributed by atoms with Crippen molar-refractivity contribution in [2.24, 2.45) is 0 Å². The van der Waals surface area contributed by atoms with Gasteiger partial charge in [-0.25, -0.2) is 4.79 Å². The summed E-state index contributed by atoms with van der Waals surface area (Å²) in [5.74, 6) is -1.04. The number of fused-ring (bicyclic) bond motifs is 1. The molecule has 2 aromatic carbocycles. The van der Waals surface area contributed by atoms with Crippen molar-refractivity contribution in [2.75, 3.05) is 13.7 Å². The Morgan fingerprint density at radius 3 is 2.31 bits per heavy atom. The summed E-state index contributed by atoms with van der Waals surface area (Å²) in [5.41, 5.74) is -1.07. The number of benzene rings is 2. The van der Waals surface area contributed by atoms with Crippen LogP contribution >= 0.6 is 0 Å². The molecule has 0 bridgehead atoms. The normalized spacial score (nSPS) is 25.0. The van der Waals surface area contributed by atoms with Gasteiger partial charge in [-0.3, -0.25) is 0 Å². The number of halogens is 3. The van der Waals surface area contributed by atoms with Gasteiger partial charge in [0.2, 0.25) is 0 Å². The summed E-state index contributed by atoms with van der Waals surface area (Å²) < 4.78 is 52.8. The molecule has 2 heterocycles. The largest absolute Gasteiger partial charge is 0.464 e. The number of esters is 1. The number of nitrogens with zero attached hydrogens (tertiary/aromatic N) is 1. The van der Waals surface area contributed by atoms with Crippen LogP contribution in [0.1, 0.15) is 16.1 Å². The Morgan fingerprint density at radius 1 is 1.03 bits per heavy atom. The van der Waals surface area contributed by atoms with Gasteiger partial charge in [-0.15, -0.1) is 0 Å². The molecule has 0 saturated carbocycles. The zero-order valence-corrected chi connectivity index (χ0v) is 18.2. The number of aliphatic hydroxyl groups excluding tert-OH is 4. The number of hydrogen-bond acceptors (Lipinski definition) is 8. The molecular weight excluding hydrogens is 475 g/mol. The fraction of sp³-hybridized carbons (Fsp3) is 0.348. The maximum absolute atomic E-state index is 14.0. The number of alkyl halides is 3. The van der Waals surface area contributed by atoms with Crippen molar-refractivity contribution in [3.8, 4) is 11.1 Å². The van der Waals surface area contributed by atoms with Crippen molar-refractivity contribution < 1.29 is 52.7 Å². The Balaban J connectivity index is 1.92. The lowest BCUT2D eigenvalue weighted by atomic mass is 9.99. The molecule has 4 rings (SSSR count). The lowest BCUT2D eigenvalue weighted by Crippen LogP contribution is -2.61. The second-order valence-corrected chi connectivity index (χ2v) is 7.94. The topological polar surface area (TPSA) is 131 Å². The zero-order chi connectivity index (χ0) is 25.5. The number of hydrogen-bond donors (Lipinski definition) is 4. The standard InChI is InChI=1S/C23H22F3NO8/c1-33-21(32)16-9-13-14(23(24,25)26)7-12(11-5-3-2-4-6-11)8-15(13)27(16)35-22-20(31)19(30)18(29)17(10-28)34-22/h2-9,17-20,22,28-31H,10H2,1H3/t17-,18-,19+,20-,22+/m1/s1. The maximum atomic E-state index is 14.0. The smallest absolute Gasteiger partial charge is 0.417 e. The van der Waals surface area contributed by atoms with E-state index in [4.69, 9.17) is 9.57 Å². The summed E-state index contributed by atoms with van der Waals surface area (Å²) >= 11 is 0. The van der Waals surface area contributed by atoms with Crippen molar-refractivity contribution in [2.45, 2.75) is 36.9 Å². The molecule has 9 nitrogen and oxygen atoms in total. The Morgan fingerprint density at radius 2 is 1.71 bits per heavy atom. The molecule has 0 unspecified atom stereocenters. The van der Waals surface area contributed by atoms with Gasteiger partial charge in [-0.1, -0.05) is 30.3 Å². The Kier molecular flexibility index (Phi) is 6.75. The second kappa shape index (κ2) is 9.47. The summed E-state index contributed by atoms with van der Waals surface area (Å²) in [6.07, 6.45) is -13.3. The summed E-state index contributed by atoms with van der Waals surface area (Å²) in [5, 5.41) is 39.4. The fourth-order valence-electron chi connectivity index (χ4n) is 3.93. The molecule has 0 radical (unpaired) electrons. The van der Waals surface area contributed by atoms with E-state index in [9.17, 15) is 38.4 Å². The van der Waals surface area contributed by atoms with Crippen molar-refractivity contribution in [3.05, 3.63) is 59.8 Å². The third-order valence-electron chi connectivity index (χ3n) is 5.74. The quantitative estimate of drug-likeness (QED) is 0.389. The van der Waals surface area contributed by atoms with E-state index >= 15 is 0 Å². The van der Waals surface area contributed by atoms with E-state index in [0.717, 1.165) is 24.0 Å². The second-order valence-electron chi connectivity index (χ2n) is 7.94. The average Bonchev–Trinajstić information content (AvgIpc) is 3.21. The van der Waals surface area contributed by atoms with E-state index < -0.39 is 60.7 Å². The van der Waals surface area contributed by atoms with Crippen LogP contribution in [-0.4, -0.2) is 75.5 Å². The van der Waals surface area contributed by atoms with Gasteiger partial charge in [0.15, 0.2) is 5.69 Å². The Hall–Kier alpha value is -3.16. The van der Waals surface area contributed by atoms with Gasteiger partial charge in [0.25, 0.3) is 6.29 Å². The molecule has 0 spiro atoms. The van der Waals surface area contributed by atoms with E-state index in [1.165, 1.54) is 6.07 Å². The zero-order valence-electron chi connectivity index (χ0n) is 18.2. The van der Waals surface area contributed by atoms with Gasteiger partial charge in [0.1, 0.15) is 24.4 Å². The van der Waals surface area contributed by atoms with Crippen LogP contribution < -0.4 is 4.84 Å². The van der Waals surface area contributed by atoms with Gasteiger partial charge in [-0.2, -0.15) is 17.9 Å². The first kappa shape index (κ1) is 24.9. The summed E-state index contributed by atoms with van der Waals surface area (Å²) in [7, 11) is 1.03. The Labute approximate surface area is 196 Å². The first-order chi connectivity index (χ1) is 16.6. The number of aromatic nitrogens is 1. The lowest BCUT2D eigenvalue weighted by Gasteiger charge is -2.39. The summed E-state index contributed by atoms with van der Waals surface area (Å²) in [6, 6.07) is 11.4. The van der Waals surface area contributed by atoms with Gasteiger partial charge in [0, 0.05) is 5.39 Å². The number of rotatable bonds is 5. The Bertz CT molecular complexity index is 1210. The molecule has 1 saturated heterocycles. The number of carbonyl (C=O) groups is 1. The van der Waals surface area contributed by atoms with Crippen molar-refractivity contribution in [1.82, 2.24) is 4.73 Å². The number of carbonyl (C=O) groups excluding carboxylic acids is 1. The van der Waals surface area contributed by atoms with Gasteiger partial charge >= 0.3 is 12.1 Å². The van der Waals surface area contributed by atoms with Crippen LogP contribution in [0.5, 0.6) is 0 Å². The molecule has 0 aliphatic carbocycles. The minimum absolute atomic E-state index is 0.165. The SMILES string of the molecule is COC(=O)c1cc2c(C(F)(F)F)cc(-c3ccccc3)cc2n1O[C@@H]1O[C@H](CO)[C@@H](O)[C@H](O)[C@H]1O. The van der Waals surface area contributed by atoms with Crippen LogP contribution in [0.15, 0.2) is 48.5 Å². The highest BCUT2D eigenvalue weighted by Crippen LogP contribution is 2.39. The number of methoxy groups -OCH3 is 1. The van der Waals surface area contributed by atoms with Crippen LogP contribution in [0.2, 0.25) is 0 Å². The first-order valence-electron chi connectivity index (χ1n) is 10.4. The third kappa shape index (κ3) is 4.58. The average molecular weight is 497 g/mol. The highest BCUT2D eigenvalue weighted by Gasteiger charge is 2.46. The highest BCUT2D eigenvalue weighted by atomic mass is 19.4. The van der Waals surface area contributed by atoms with Crippen LogP contribution in [0.3, 0.4) is 0 Å². The molecule has 1 aliphatic rings. The molecule has 1 fully saturated rings. The molecule has 188 valence electrons. The van der Waals surface area contributed by atoms with Gasteiger partial charge in [-0.05, 0) is 29.3 Å². The minimum Gasteiger partial charge on any atom is -0.464 e. The molecule has 5 atom stereocenters. The monoisotopic (exact) mass is 497 g/mol. The van der Waals surface area contributed by atoms with Crippen LogP contribution in [0.4, 0.5) is 13.2 Å². The van der Waals surface area contributed by atoms with E-state index in [2.05, 4.69) is 4.74 Å². The van der Waals surface area contributed by atoms with Crippen molar-refractivity contribution in [3.63, 3.8) is 0 Å². The molecular formula is C23H22F3NO8. The minimum atomic E-state index is -4.80. The van der Waals surface area contributed by atoms with Crippen LogP contribution in [0, 0.1) is 0 Å². The van der Waals surface area contributed by atoms with E-state index in [-0.39, 0.29) is 16.5 Å². The highest BCUT2D eigenvalue weighted by molar-refractivity contribution is 5.98. The van der Waals surface area contributed by atoms with Crippen molar-refractivity contribution >= 4 is 16.9 Å². The van der Waals surface area contributed by atoms with E-state index in [1.54, 1.807) is 30.3 Å². The van der Waals surface area contributed by atoms with E-state index in [0.29, 0.717) is 5.56 Å². The lowest BCUT2D eigenvalue weighted by molar-refractivity contribution is -0.299. The maximum Gasteiger partial charge on any atom is 0.417 e. The third-order valence-corrected chi connectivity index (χ3v) is 5.74. The summed E-state index contributed by atoms with van der Waals surface area (Å²) in [4.78, 5) is 18.0. The molecule has 3 aromatic rings. The predicted molar refractivity (Wildman–Crippen MR) is 114 cm³/mol. The van der Waals surface area contributed by atoms with Crippen LogP contribution in [0.25, 0.3) is 22.0 Å². The van der Waals surface area contributed by atoms with Crippen LogP contribution in [-0.2, 0) is 15.7 Å². The summed E-state index contributed by atoms with van der Waals surface area (Å²) in [6.45, 7) is -0.753. The van der Waals surface area contributed by atoms with Gasteiger partial charge in [0.05, 0.1) is 24.8 Å². The molecule has 12 heteroatoms. The fourth-order valence-corrected chi connectivity index (χ4v) is 3.93. The predicted octanol–water partition coefficient (Wildman–Crippen LogP) is 1.34. The molecule has 0 amide bonds. The molecule has 35 heavy (non-hydrogen) atoms. The van der Waals surface area contributed by atoms with Gasteiger partial charge < -0.3 is 34.7 Å². The molecule has 1 aliphatic heterocycles. The van der Waals surface area contributed by atoms with Crippen molar-refractivity contribution in [1.29, 1.82) is 0 Å². The number of aliphatic hydroxyl groups is 4.